The Kier molecular flexibility index (Phi) is 5.75. The lowest BCUT2D eigenvalue weighted by atomic mass is 10.2. The van der Waals surface area contributed by atoms with Crippen molar-refractivity contribution in [1.82, 2.24) is 15.5 Å². The van der Waals surface area contributed by atoms with Crippen LogP contribution in [0.5, 0.6) is 0 Å². The van der Waals surface area contributed by atoms with Crippen LogP contribution in [0.15, 0.2) is 46.3 Å². The molecule has 3 aromatic rings. The van der Waals surface area contributed by atoms with Crippen LogP contribution >= 0.6 is 11.3 Å². The number of nitrogens with one attached hydrogen (secondary N) is 1. The fraction of sp³-hybridized carbons (Fsp3) is 0.235. The van der Waals surface area contributed by atoms with Crippen molar-refractivity contribution in [2.24, 2.45) is 0 Å². The van der Waals surface area contributed by atoms with E-state index < -0.39 is 27.8 Å². The number of benzene rings is 1. The van der Waals surface area contributed by atoms with Crippen LogP contribution in [0.1, 0.15) is 12.8 Å². The number of hydrogen-bond donors (Lipinski definition) is 1. The lowest BCUT2D eigenvalue weighted by molar-refractivity contribution is -0.122. The van der Waals surface area contributed by atoms with E-state index in [1.165, 1.54) is 36.5 Å². The molecule has 1 aromatic carbocycles. The van der Waals surface area contributed by atoms with E-state index in [9.17, 15) is 17.6 Å². The van der Waals surface area contributed by atoms with Crippen molar-refractivity contribution in [3.05, 3.63) is 53.5 Å². The highest BCUT2D eigenvalue weighted by molar-refractivity contribution is 7.92. The van der Waals surface area contributed by atoms with Gasteiger partial charge in [0.1, 0.15) is 11.9 Å². The topological polar surface area (TPSA) is 105 Å². The molecule has 0 radical (unpaired) electrons. The molecule has 2 heterocycles. The molecule has 28 heavy (non-hydrogen) atoms. The highest BCUT2D eigenvalue weighted by Crippen LogP contribution is 2.24. The number of sulfonamides is 1. The molecule has 8 nitrogen and oxygen atoms in total. The third-order valence-corrected chi connectivity index (χ3v) is 5.90. The van der Waals surface area contributed by atoms with Crippen molar-refractivity contribution in [3.8, 4) is 10.7 Å². The zero-order valence-electron chi connectivity index (χ0n) is 15.0. The normalized spacial score (nSPS) is 12.5. The van der Waals surface area contributed by atoms with Crippen LogP contribution in [-0.4, -0.2) is 36.8 Å². The summed E-state index contributed by atoms with van der Waals surface area (Å²) in [5, 5.41) is 8.24. The molecule has 3 rings (SSSR count). The zero-order chi connectivity index (χ0) is 20.3. The van der Waals surface area contributed by atoms with Crippen LogP contribution in [-0.2, 0) is 21.4 Å². The van der Waals surface area contributed by atoms with Crippen molar-refractivity contribution >= 4 is 33.0 Å². The van der Waals surface area contributed by atoms with Crippen molar-refractivity contribution in [1.29, 1.82) is 0 Å². The summed E-state index contributed by atoms with van der Waals surface area (Å²) in [4.78, 5) is 17.5. The number of carbonyl (C=O) groups excluding carboxylic acids is 1. The van der Waals surface area contributed by atoms with Gasteiger partial charge < -0.3 is 9.84 Å². The Bertz CT molecular complexity index is 1070. The summed E-state index contributed by atoms with van der Waals surface area (Å²) in [5.74, 6) is -0.813. The molecule has 0 unspecified atom stereocenters. The van der Waals surface area contributed by atoms with Crippen LogP contribution in [0.4, 0.5) is 10.1 Å². The Morgan fingerprint density at radius 3 is 2.71 bits per heavy atom. The third kappa shape index (κ3) is 4.37. The first-order chi connectivity index (χ1) is 13.3. The Hall–Kier alpha value is -2.79. The number of thiophene rings is 1. The fourth-order valence-corrected chi connectivity index (χ4v) is 4.38. The molecule has 0 saturated heterocycles. The van der Waals surface area contributed by atoms with Gasteiger partial charge >= 0.3 is 0 Å². The predicted octanol–water partition coefficient (Wildman–Crippen LogP) is 2.41. The lowest BCUT2D eigenvalue weighted by Crippen LogP contribution is -2.48. The standard InChI is InChI=1S/C17H17FN4O4S2/c1-11(22(28(2,24)25)13-7-4-3-6-12(13)18)17(23)19-10-15-20-16(21-26-15)14-8-5-9-27-14/h3-9,11H,10H2,1-2H3,(H,19,23)/t11-/m1/s1. The SMILES string of the molecule is C[C@H](C(=O)NCc1nc(-c2cccs2)no1)N(c1ccccc1F)S(C)(=O)=O. The second-order valence-corrected chi connectivity index (χ2v) is 8.70. The molecular weight excluding hydrogens is 407 g/mol. The van der Waals surface area contributed by atoms with Gasteiger partial charge in [-0.3, -0.25) is 9.10 Å². The minimum Gasteiger partial charge on any atom is -0.345 e. The van der Waals surface area contributed by atoms with Crippen LogP contribution in [0.25, 0.3) is 10.7 Å². The van der Waals surface area contributed by atoms with E-state index >= 15 is 0 Å². The van der Waals surface area contributed by atoms with Crippen molar-refractivity contribution in [3.63, 3.8) is 0 Å². The number of amides is 1. The van der Waals surface area contributed by atoms with E-state index in [0.717, 1.165) is 21.5 Å². The maximum Gasteiger partial charge on any atom is 0.246 e. The van der Waals surface area contributed by atoms with Gasteiger partial charge in [0, 0.05) is 0 Å². The second kappa shape index (κ2) is 8.07. The highest BCUT2D eigenvalue weighted by Gasteiger charge is 2.31. The van der Waals surface area contributed by atoms with Gasteiger partial charge in [-0.25, -0.2) is 12.8 Å². The Labute approximate surface area is 165 Å². The minimum atomic E-state index is -3.91. The van der Waals surface area contributed by atoms with Crippen LogP contribution < -0.4 is 9.62 Å². The van der Waals surface area contributed by atoms with E-state index in [-0.39, 0.29) is 18.1 Å². The predicted molar refractivity (Wildman–Crippen MR) is 103 cm³/mol. The monoisotopic (exact) mass is 424 g/mol. The molecule has 1 N–H and O–H groups in total. The van der Waals surface area contributed by atoms with E-state index in [1.54, 1.807) is 0 Å². The number of hydrogen-bond acceptors (Lipinski definition) is 7. The van der Waals surface area contributed by atoms with Crippen molar-refractivity contribution in [2.75, 3.05) is 10.6 Å². The van der Waals surface area contributed by atoms with Gasteiger partial charge in [0.05, 0.1) is 23.4 Å². The fourth-order valence-electron chi connectivity index (χ4n) is 2.55. The molecule has 0 aliphatic rings. The second-order valence-electron chi connectivity index (χ2n) is 5.89. The van der Waals surface area contributed by atoms with Gasteiger partial charge in [0.15, 0.2) is 0 Å². The summed E-state index contributed by atoms with van der Waals surface area (Å²) >= 11 is 1.44. The quantitative estimate of drug-likeness (QED) is 0.624. The molecule has 148 valence electrons. The van der Waals surface area contributed by atoms with Gasteiger partial charge in [0.2, 0.25) is 27.6 Å². The average molecular weight is 424 g/mol. The van der Waals surface area contributed by atoms with Gasteiger partial charge in [-0.1, -0.05) is 23.4 Å². The van der Waals surface area contributed by atoms with Crippen molar-refractivity contribution in [2.45, 2.75) is 19.5 Å². The number of carbonyl (C=O) groups is 1. The molecule has 0 aliphatic carbocycles. The molecular formula is C17H17FN4O4S2. The smallest absolute Gasteiger partial charge is 0.246 e. The zero-order valence-corrected chi connectivity index (χ0v) is 16.6. The number of nitrogens with zero attached hydrogens (tertiary/aromatic N) is 3. The van der Waals surface area contributed by atoms with Gasteiger partial charge in [-0.2, -0.15) is 4.98 Å². The molecule has 0 bridgehead atoms. The van der Waals surface area contributed by atoms with Crippen LogP contribution in [0.3, 0.4) is 0 Å². The molecule has 0 fully saturated rings. The molecule has 1 atom stereocenters. The summed E-state index contributed by atoms with van der Waals surface area (Å²) < 4.78 is 44.3. The molecule has 0 aliphatic heterocycles. The molecule has 0 spiro atoms. The number of aromatic nitrogens is 2. The van der Waals surface area contributed by atoms with E-state index in [2.05, 4.69) is 15.5 Å². The maximum absolute atomic E-state index is 14.1. The van der Waals surface area contributed by atoms with Gasteiger partial charge in [-0.05, 0) is 30.5 Å². The number of rotatable bonds is 7. The Balaban J connectivity index is 1.73. The largest absolute Gasteiger partial charge is 0.345 e. The van der Waals surface area contributed by atoms with E-state index in [4.69, 9.17) is 4.52 Å². The molecule has 1 amide bonds. The average Bonchev–Trinajstić information content (AvgIpc) is 3.31. The molecule has 2 aromatic heterocycles. The van der Waals surface area contributed by atoms with Crippen LogP contribution in [0, 0.1) is 5.82 Å². The number of anilines is 1. The summed E-state index contributed by atoms with van der Waals surface area (Å²) in [7, 11) is -3.91. The third-order valence-electron chi connectivity index (χ3n) is 3.80. The number of para-hydroxylation sites is 1. The molecule has 11 heteroatoms. The summed E-state index contributed by atoms with van der Waals surface area (Å²) in [6, 6.07) is 7.84. The van der Waals surface area contributed by atoms with Crippen molar-refractivity contribution < 1.29 is 22.1 Å². The first-order valence-electron chi connectivity index (χ1n) is 8.15. The van der Waals surface area contributed by atoms with Gasteiger partial charge in [0.25, 0.3) is 0 Å². The molecule has 0 saturated carbocycles. The summed E-state index contributed by atoms with van der Waals surface area (Å²) in [5.41, 5.74) is -0.203. The minimum absolute atomic E-state index is 0.0869. The summed E-state index contributed by atoms with van der Waals surface area (Å²) in [6.07, 6.45) is 0.911. The number of halogens is 1. The lowest BCUT2D eigenvalue weighted by Gasteiger charge is -2.28. The first-order valence-corrected chi connectivity index (χ1v) is 10.9. The van der Waals surface area contributed by atoms with Gasteiger partial charge in [-0.15, -0.1) is 11.3 Å². The Morgan fingerprint density at radius 1 is 1.32 bits per heavy atom. The first kappa shape index (κ1) is 20.0. The maximum atomic E-state index is 14.1. The summed E-state index contributed by atoms with van der Waals surface area (Å²) in [6.45, 7) is 1.28. The highest BCUT2D eigenvalue weighted by atomic mass is 32.2. The Morgan fingerprint density at radius 2 is 2.07 bits per heavy atom. The van der Waals surface area contributed by atoms with E-state index in [1.807, 2.05) is 17.5 Å². The van der Waals surface area contributed by atoms with Crippen LogP contribution in [0.2, 0.25) is 0 Å². The van der Waals surface area contributed by atoms with E-state index in [0.29, 0.717) is 5.82 Å².